The number of carbonyl (C=O) groups excluding carboxylic acids is 6. The normalized spacial score (nSPS) is 25.0. The van der Waals surface area contributed by atoms with Gasteiger partial charge in [-0.05, 0) is 36.1 Å². The SMILES string of the molecule is CN1C(=O)NC(=O)/C(=C/c2ccc3c(c2Cl)CC2(C(=O)N(C)C(=O)N(C)C2=O)[C@@H]2CCCN32)C1=O. The molecule has 0 radical (unpaired) electrons. The quantitative estimate of drug-likeness (QED) is 0.347. The summed E-state index contributed by atoms with van der Waals surface area (Å²) < 4.78 is 0. The zero-order valence-corrected chi connectivity index (χ0v) is 20.0. The van der Waals surface area contributed by atoms with Crippen molar-refractivity contribution < 1.29 is 28.8 Å². The molecule has 4 aliphatic heterocycles. The second kappa shape index (κ2) is 7.64. The fraction of sp³-hybridized carbons (Fsp3) is 0.391. The van der Waals surface area contributed by atoms with E-state index in [1.54, 1.807) is 12.1 Å². The van der Waals surface area contributed by atoms with E-state index in [9.17, 15) is 28.8 Å². The van der Waals surface area contributed by atoms with Crippen LogP contribution in [0.25, 0.3) is 6.08 Å². The molecule has 0 saturated carbocycles. The first kappa shape index (κ1) is 23.0. The van der Waals surface area contributed by atoms with E-state index in [-0.39, 0.29) is 17.0 Å². The Bertz CT molecular complexity index is 1270. The third kappa shape index (κ3) is 2.97. The minimum Gasteiger partial charge on any atom is -0.367 e. The van der Waals surface area contributed by atoms with Gasteiger partial charge in [-0.3, -0.25) is 39.2 Å². The van der Waals surface area contributed by atoms with Gasteiger partial charge in [0.2, 0.25) is 11.8 Å². The van der Waals surface area contributed by atoms with Crippen LogP contribution in [0.1, 0.15) is 24.0 Å². The largest absolute Gasteiger partial charge is 0.367 e. The van der Waals surface area contributed by atoms with Crippen molar-refractivity contribution in [2.24, 2.45) is 5.41 Å². The molecule has 8 amide bonds. The van der Waals surface area contributed by atoms with Crippen LogP contribution in [0.4, 0.5) is 15.3 Å². The van der Waals surface area contributed by atoms with Crippen molar-refractivity contribution in [3.05, 3.63) is 33.9 Å². The number of urea groups is 2. The first-order valence-corrected chi connectivity index (χ1v) is 11.4. The van der Waals surface area contributed by atoms with Crippen LogP contribution in [0.3, 0.4) is 0 Å². The Kier molecular flexibility index (Phi) is 5.03. The fourth-order valence-electron chi connectivity index (χ4n) is 5.57. The van der Waals surface area contributed by atoms with Crippen LogP contribution in [-0.4, -0.2) is 84.1 Å². The Balaban J connectivity index is 1.65. The zero-order valence-electron chi connectivity index (χ0n) is 19.3. The van der Waals surface area contributed by atoms with Gasteiger partial charge in [-0.25, -0.2) is 9.59 Å². The minimum atomic E-state index is -1.53. The summed E-state index contributed by atoms with van der Waals surface area (Å²) in [5, 5.41) is 2.27. The van der Waals surface area contributed by atoms with Crippen LogP contribution in [0, 0.1) is 5.41 Å². The van der Waals surface area contributed by atoms with Crippen LogP contribution in [-0.2, 0) is 25.6 Å². The maximum atomic E-state index is 13.5. The van der Waals surface area contributed by atoms with Gasteiger partial charge in [0.25, 0.3) is 11.8 Å². The van der Waals surface area contributed by atoms with Gasteiger partial charge in [-0.2, -0.15) is 0 Å². The van der Waals surface area contributed by atoms with Gasteiger partial charge in [0.1, 0.15) is 5.57 Å². The predicted molar refractivity (Wildman–Crippen MR) is 123 cm³/mol. The molecule has 4 aliphatic rings. The Morgan fingerprint density at radius 2 is 1.66 bits per heavy atom. The lowest BCUT2D eigenvalue weighted by atomic mass is 9.68. The molecule has 1 aromatic rings. The first-order valence-electron chi connectivity index (χ1n) is 11.0. The monoisotopic (exact) mass is 499 g/mol. The second-order valence-electron chi connectivity index (χ2n) is 9.16. The molecular weight excluding hydrogens is 478 g/mol. The molecule has 0 aromatic heterocycles. The lowest BCUT2D eigenvalue weighted by Crippen LogP contribution is -2.70. The number of likely N-dealkylation sites (N-methyl/N-ethyl adjacent to an activating group) is 1. The maximum absolute atomic E-state index is 13.5. The molecule has 3 saturated heterocycles. The summed E-state index contributed by atoms with van der Waals surface area (Å²) >= 11 is 6.78. The van der Waals surface area contributed by atoms with Crippen molar-refractivity contribution in [2.75, 3.05) is 32.6 Å². The first-order chi connectivity index (χ1) is 16.5. The summed E-state index contributed by atoms with van der Waals surface area (Å²) in [6.45, 7) is 0.603. The Morgan fingerprint density at radius 3 is 2.31 bits per heavy atom. The van der Waals surface area contributed by atoms with E-state index in [1.165, 1.54) is 27.2 Å². The summed E-state index contributed by atoms with van der Waals surface area (Å²) in [5.41, 5.74) is -0.188. The predicted octanol–water partition coefficient (Wildman–Crippen LogP) is 0.993. The van der Waals surface area contributed by atoms with Crippen LogP contribution in [0.5, 0.6) is 0 Å². The van der Waals surface area contributed by atoms with Gasteiger partial charge in [-0.1, -0.05) is 17.7 Å². The van der Waals surface area contributed by atoms with E-state index in [1.807, 2.05) is 4.90 Å². The molecule has 11 nitrogen and oxygen atoms in total. The molecule has 182 valence electrons. The number of amides is 8. The molecule has 0 unspecified atom stereocenters. The van der Waals surface area contributed by atoms with Gasteiger partial charge >= 0.3 is 12.1 Å². The van der Waals surface area contributed by atoms with E-state index in [4.69, 9.17) is 11.6 Å². The molecule has 1 aromatic carbocycles. The van der Waals surface area contributed by atoms with Crippen molar-refractivity contribution in [3.8, 4) is 0 Å². The van der Waals surface area contributed by atoms with Gasteiger partial charge in [0.05, 0.1) is 11.1 Å². The fourth-order valence-corrected chi connectivity index (χ4v) is 5.85. The summed E-state index contributed by atoms with van der Waals surface area (Å²) in [5.74, 6) is -2.77. The number of benzene rings is 1. The number of nitrogens with one attached hydrogen (secondary N) is 1. The van der Waals surface area contributed by atoms with Gasteiger partial charge < -0.3 is 4.90 Å². The number of barbiturate groups is 2. The average molecular weight is 500 g/mol. The Labute approximate surface area is 205 Å². The van der Waals surface area contributed by atoms with E-state index < -0.39 is 47.1 Å². The van der Waals surface area contributed by atoms with Crippen LogP contribution >= 0.6 is 11.6 Å². The molecule has 1 spiro atoms. The maximum Gasteiger partial charge on any atom is 0.332 e. The molecule has 0 aliphatic carbocycles. The lowest BCUT2D eigenvalue weighted by Gasteiger charge is -2.51. The van der Waals surface area contributed by atoms with Crippen LogP contribution < -0.4 is 10.2 Å². The van der Waals surface area contributed by atoms with Crippen molar-refractivity contribution in [2.45, 2.75) is 25.3 Å². The number of hydrogen-bond acceptors (Lipinski definition) is 7. The highest BCUT2D eigenvalue weighted by molar-refractivity contribution is 6.35. The molecule has 35 heavy (non-hydrogen) atoms. The highest BCUT2D eigenvalue weighted by Gasteiger charge is 2.64. The van der Waals surface area contributed by atoms with Crippen molar-refractivity contribution >= 4 is 59.1 Å². The smallest absolute Gasteiger partial charge is 0.332 e. The van der Waals surface area contributed by atoms with E-state index in [0.29, 0.717) is 24.1 Å². The summed E-state index contributed by atoms with van der Waals surface area (Å²) in [7, 11) is 3.97. The number of imide groups is 4. The van der Waals surface area contributed by atoms with Gasteiger partial charge in [0, 0.05) is 39.8 Å². The Hall–Kier alpha value is -3.73. The standard InChI is InChI=1S/C23H22ClN5O6/c1-26-18(31)12(17(30)25-21(26)34)9-11-6-7-14-13(16(11)24)10-23(15-5-4-8-29(14)15)19(32)27(2)22(35)28(3)20(23)33/h6-7,9,15H,4-5,8,10H2,1-3H3,(H,25,30,34)/b12-9-/t15-/m0/s1. The van der Waals surface area contributed by atoms with E-state index >= 15 is 0 Å². The van der Waals surface area contributed by atoms with Crippen molar-refractivity contribution in [1.29, 1.82) is 0 Å². The number of anilines is 1. The zero-order chi connectivity index (χ0) is 25.4. The average Bonchev–Trinajstić information content (AvgIpc) is 3.34. The third-order valence-electron chi connectivity index (χ3n) is 7.39. The van der Waals surface area contributed by atoms with Gasteiger partial charge in [0.15, 0.2) is 5.41 Å². The molecular formula is C23H22ClN5O6. The highest BCUT2D eigenvalue weighted by Crippen LogP contribution is 2.51. The summed E-state index contributed by atoms with van der Waals surface area (Å²) in [6.07, 6.45) is 2.62. The minimum absolute atomic E-state index is 0.0303. The van der Waals surface area contributed by atoms with Crippen LogP contribution in [0.15, 0.2) is 17.7 Å². The molecule has 1 N–H and O–H groups in total. The number of fused-ring (bicyclic) bond motifs is 4. The molecule has 1 atom stereocenters. The van der Waals surface area contributed by atoms with E-state index in [2.05, 4.69) is 5.32 Å². The molecule has 4 heterocycles. The summed E-state index contributed by atoms with van der Waals surface area (Å²) in [6, 6.07) is 1.50. The lowest BCUT2D eigenvalue weighted by molar-refractivity contribution is -0.159. The van der Waals surface area contributed by atoms with Crippen LogP contribution in [0.2, 0.25) is 5.02 Å². The van der Waals surface area contributed by atoms with Crippen molar-refractivity contribution in [3.63, 3.8) is 0 Å². The molecule has 12 heteroatoms. The van der Waals surface area contributed by atoms with Gasteiger partial charge in [-0.15, -0.1) is 0 Å². The third-order valence-corrected chi connectivity index (χ3v) is 7.83. The van der Waals surface area contributed by atoms with Crippen molar-refractivity contribution in [1.82, 2.24) is 20.0 Å². The molecule has 3 fully saturated rings. The number of halogens is 1. The van der Waals surface area contributed by atoms with E-state index in [0.717, 1.165) is 26.8 Å². The summed E-state index contributed by atoms with van der Waals surface area (Å²) in [4.78, 5) is 80.7. The number of nitrogens with zero attached hydrogens (tertiary/aromatic N) is 4. The topological polar surface area (TPSA) is 127 Å². The Morgan fingerprint density at radius 1 is 1.00 bits per heavy atom. The number of rotatable bonds is 1. The molecule has 0 bridgehead atoms. The number of hydrogen-bond donors (Lipinski definition) is 1. The number of carbonyl (C=O) groups is 6. The highest BCUT2D eigenvalue weighted by atomic mass is 35.5. The second-order valence-corrected chi connectivity index (χ2v) is 9.54. The molecule has 5 rings (SSSR count).